The molecule has 0 heterocycles. The van der Waals surface area contributed by atoms with E-state index in [1.54, 1.807) is 12.1 Å². The fourth-order valence-corrected chi connectivity index (χ4v) is 1.58. The van der Waals surface area contributed by atoms with Crippen molar-refractivity contribution in [2.75, 3.05) is 5.32 Å². The van der Waals surface area contributed by atoms with Crippen LogP contribution in [0.4, 0.5) is 10.5 Å². The van der Waals surface area contributed by atoms with Gasteiger partial charge in [0.2, 0.25) is 0 Å². The number of anilines is 1. The first-order valence-corrected chi connectivity index (χ1v) is 5.98. The summed E-state index contributed by atoms with van der Waals surface area (Å²) < 4.78 is 0.883. The first-order chi connectivity index (χ1) is 7.83. The lowest BCUT2D eigenvalue weighted by molar-refractivity contribution is -0.142. The number of benzene rings is 1. The number of hydrogen-bond donors (Lipinski definition) is 3. The van der Waals surface area contributed by atoms with E-state index in [-0.39, 0.29) is 0 Å². The Morgan fingerprint density at radius 2 is 1.88 bits per heavy atom. The monoisotopic (exact) mass is 348 g/mol. The van der Waals surface area contributed by atoms with Crippen LogP contribution in [0.5, 0.6) is 0 Å². The lowest BCUT2D eigenvalue weighted by Crippen LogP contribution is -2.51. The minimum Gasteiger partial charge on any atom is -0.480 e. The molecule has 1 aromatic rings. The van der Waals surface area contributed by atoms with E-state index in [4.69, 9.17) is 5.11 Å². The van der Waals surface area contributed by atoms with E-state index >= 15 is 0 Å². The van der Waals surface area contributed by atoms with Crippen LogP contribution in [0.2, 0.25) is 0 Å². The lowest BCUT2D eigenvalue weighted by atomic mass is 10.1. The van der Waals surface area contributed by atoms with E-state index in [1.165, 1.54) is 13.8 Å². The zero-order valence-electron chi connectivity index (χ0n) is 9.45. The maximum absolute atomic E-state index is 11.6. The highest BCUT2D eigenvalue weighted by Crippen LogP contribution is 2.16. The topological polar surface area (TPSA) is 78.4 Å². The molecule has 1 aromatic carbocycles. The normalized spacial score (nSPS) is 10.8. The smallest absolute Gasteiger partial charge is 0.328 e. The number of carboxylic acid groups (broad SMARTS) is 1. The van der Waals surface area contributed by atoms with E-state index in [0.717, 1.165) is 3.57 Å². The molecule has 17 heavy (non-hydrogen) atoms. The molecule has 0 atom stereocenters. The number of rotatable bonds is 3. The predicted octanol–water partition coefficient (Wildman–Crippen LogP) is 2.28. The molecule has 0 radical (unpaired) electrons. The summed E-state index contributed by atoms with van der Waals surface area (Å²) in [6.07, 6.45) is 0. The van der Waals surface area contributed by atoms with Gasteiger partial charge in [-0.25, -0.2) is 9.59 Å². The van der Waals surface area contributed by atoms with Crippen LogP contribution >= 0.6 is 22.6 Å². The van der Waals surface area contributed by atoms with Gasteiger partial charge in [-0.2, -0.15) is 0 Å². The molecule has 0 aliphatic rings. The molecule has 0 spiro atoms. The van der Waals surface area contributed by atoms with Crippen LogP contribution in [0.25, 0.3) is 0 Å². The molecule has 0 bridgehead atoms. The van der Waals surface area contributed by atoms with Crippen molar-refractivity contribution >= 4 is 40.3 Å². The standard InChI is InChI=1S/C11H13IN2O3/c1-11(2,9(15)16)14-10(17)13-8-6-4-3-5-7(8)12/h3-6H,1-2H3,(H,15,16)(H2,13,14,17). The molecule has 1 rings (SSSR count). The fraction of sp³-hybridized carbons (Fsp3) is 0.273. The summed E-state index contributed by atoms with van der Waals surface area (Å²) in [5.74, 6) is -1.09. The van der Waals surface area contributed by atoms with Crippen molar-refractivity contribution in [3.05, 3.63) is 27.8 Å². The fourth-order valence-electron chi connectivity index (χ4n) is 1.05. The van der Waals surface area contributed by atoms with Crippen molar-refractivity contribution in [3.8, 4) is 0 Å². The third kappa shape index (κ3) is 3.88. The first-order valence-electron chi connectivity index (χ1n) is 4.90. The minimum absolute atomic E-state index is 0.540. The summed E-state index contributed by atoms with van der Waals surface area (Å²) in [5.41, 5.74) is -0.656. The Labute approximate surface area is 113 Å². The number of amides is 2. The second-order valence-corrected chi connectivity index (χ2v) is 5.15. The van der Waals surface area contributed by atoms with Crippen LogP contribution in [0.1, 0.15) is 13.8 Å². The molecule has 0 fully saturated rings. The average Bonchev–Trinajstić information content (AvgIpc) is 2.20. The van der Waals surface area contributed by atoms with Crippen LogP contribution in [0.15, 0.2) is 24.3 Å². The van der Waals surface area contributed by atoms with Gasteiger partial charge in [-0.3, -0.25) is 0 Å². The second kappa shape index (κ2) is 5.35. The number of hydrogen-bond acceptors (Lipinski definition) is 2. The van der Waals surface area contributed by atoms with E-state index in [1.807, 2.05) is 12.1 Å². The highest BCUT2D eigenvalue weighted by Gasteiger charge is 2.28. The number of nitrogens with one attached hydrogen (secondary N) is 2. The Morgan fingerprint density at radius 3 is 2.41 bits per heavy atom. The van der Waals surface area contributed by atoms with Crippen molar-refractivity contribution < 1.29 is 14.7 Å². The summed E-state index contributed by atoms with van der Waals surface area (Å²) in [4.78, 5) is 22.4. The number of aliphatic carboxylic acids is 1. The van der Waals surface area contributed by atoms with Crippen molar-refractivity contribution in [1.29, 1.82) is 0 Å². The molecule has 5 nitrogen and oxygen atoms in total. The molecular formula is C11H13IN2O3. The molecule has 0 aliphatic heterocycles. The SMILES string of the molecule is CC(C)(NC(=O)Nc1ccccc1I)C(=O)O. The Balaban J connectivity index is 2.69. The van der Waals surface area contributed by atoms with Crippen molar-refractivity contribution in [2.45, 2.75) is 19.4 Å². The summed E-state index contributed by atoms with van der Waals surface area (Å²) in [6.45, 7) is 2.84. The van der Waals surface area contributed by atoms with Crippen LogP contribution in [-0.4, -0.2) is 22.6 Å². The second-order valence-electron chi connectivity index (χ2n) is 3.99. The Hall–Kier alpha value is -1.31. The average molecular weight is 348 g/mol. The number of urea groups is 1. The van der Waals surface area contributed by atoms with Crippen LogP contribution in [0, 0.1) is 3.57 Å². The van der Waals surface area contributed by atoms with Crippen molar-refractivity contribution in [2.24, 2.45) is 0 Å². The van der Waals surface area contributed by atoms with Gasteiger partial charge in [0.15, 0.2) is 0 Å². The third-order valence-electron chi connectivity index (χ3n) is 2.08. The van der Waals surface area contributed by atoms with Gasteiger partial charge in [-0.1, -0.05) is 12.1 Å². The van der Waals surface area contributed by atoms with Gasteiger partial charge in [0, 0.05) is 3.57 Å². The van der Waals surface area contributed by atoms with Gasteiger partial charge >= 0.3 is 12.0 Å². The van der Waals surface area contributed by atoms with Gasteiger partial charge in [-0.05, 0) is 48.6 Å². The predicted molar refractivity (Wildman–Crippen MR) is 73.0 cm³/mol. The van der Waals surface area contributed by atoms with E-state index in [2.05, 4.69) is 33.2 Å². The summed E-state index contributed by atoms with van der Waals surface area (Å²) >= 11 is 2.09. The number of carbonyl (C=O) groups excluding carboxylic acids is 1. The molecule has 0 aromatic heterocycles. The minimum atomic E-state index is -1.30. The van der Waals surface area contributed by atoms with E-state index in [9.17, 15) is 9.59 Å². The number of carbonyl (C=O) groups is 2. The van der Waals surface area contributed by atoms with E-state index < -0.39 is 17.5 Å². The Kier molecular flexibility index (Phi) is 4.33. The zero-order valence-corrected chi connectivity index (χ0v) is 11.6. The Morgan fingerprint density at radius 1 is 1.29 bits per heavy atom. The lowest BCUT2D eigenvalue weighted by Gasteiger charge is -2.21. The van der Waals surface area contributed by atoms with Gasteiger partial charge in [-0.15, -0.1) is 0 Å². The largest absolute Gasteiger partial charge is 0.480 e. The summed E-state index contributed by atoms with van der Waals surface area (Å²) in [6, 6.07) is 6.70. The van der Waals surface area contributed by atoms with Crippen LogP contribution in [-0.2, 0) is 4.79 Å². The van der Waals surface area contributed by atoms with Crippen molar-refractivity contribution in [1.82, 2.24) is 5.32 Å². The first kappa shape index (κ1) is 13.8. The zero-order chi connectivity index (χ0) is 13.1. The quantitative estimate of drug-likeness (QED) is 0.734. The van der Waals surface area contributed by atoms with Crippen molar-refractivity contribution in [3.63, 3.8) is 0 Å². The molecule has 0 saturated carbocycles. The molecule has 0 saturated heterocycles. The van der Waals surface area contributed by atoms with Gasteiger partial charge in [0.25, 0.3) is 0 Å². The molecule has 0 unspecified atom stereocenters. The number of halogens is 1. The molecular weight excluding hydrogens is 335 g/mol. The van der Waals surface area contributed by atoms with E-state index in [0.29, 0.717) is 5.69 Å². The van der Waals surface area contributed by atoms with Crippen LogP contribution in [0.3, 0.4) is 0 Å². The summed E-state index contributed by atoms with van der Waals surface area (Å²) in [5, 5.41) is 13.8. The number of carboxylic acids is 1. The molecule has 6 heteroatoms. The number of para-hydroxylation sites is 1. The third-order valence-corrected chi connectivity index (χ3v) is 3.02. The maximum atomic E-state index is 11.6. The molecule has 0 aliphatic carbocycles. The Bertz CT molecular complexity index is 446. The van der Waals surface area contributed by atoms with Gasteiger partial charge in [0.05, 0.1) is 5.69 Å². The van der Waals surface area contributed by atoms with Gasteiger partial charge < -0.3 is 15.7 Å². The highest BCUT2D eigenvalue weighted by molar-refractivity contribution is 14.1. The van der Waals surface area contributed by atoms with Crippen LogP contribution < -0.4 is 10.6 Å². The molecule has 92 valence electrons. The highest BCUT2D eigenvalue weighted by atomic mass is 127. The molecule has 3 N–H and O–H groups in total. The molecule has 2 amide bonds. The summed E-state index contributed by atoms with van der Waals surface area (Å²) in [7, 11) is 0. The van der Waals surface area contributed by atoms with Gasteiger partial charge in [0.1, 0.15) is 5.54 Å². The maximum Gasteiger partial charge on any atom is 0.328 e.